The summed E-state index contributed by atoms with van der Waals surface area (Å²) >= 11 is 0. The zero-order valence-corrected chi connectivity index (χ0v) is 22.7. The molecule has 0 spiro atoms. The number of carboxylic acids is 1. The molecule has 0 bridgehead atoms. The summed E-state index contributed by atoms with van der Waals surface area (Å²) in [5.41, 5.74) is 6.67. The lowest BCUT2D eigenvalue weighted by Crippen LogP contribution is -2.56. The van der Waals surface area contributed by atoms with Crippen LogP contribution >= 0.6 is 0 Å². The van der Waals surface area contributed by atoms with Gasteiger partial charge in [-0.1, -0.05) is 47.0 Å². The Kier molecular flexibility index (Phi) is 8.39. The number of fused-ring (bicyclic) bond motifs is 5. The quantitative estimate of drug-likeness (QED) is 0.311. The van der Waals surface area contributed by atoms with E-state index < -0.39 is 12.0 Å². The van der Waals surface area contributed by atoms with Gasteiger partial charge in [0, 0.05) is 6.04 Å². The van der Waals surface area contributed by atoms with Gasteiger partial charge in [0.2, 0.25) is 0 Å². The fourth-order valence-electron chi connectivity index (χ4n) is 10.1. The molecule has 5 unspecified atom stereocenters. The molecule has 0 radical (unpaired) electrons. The van der Waals surface area contributed by atoms with Crippen LogP contribution in [-0.2, 0) is 4.79 Å². The number of rotatable bonds is 10. The fourth-order valence-corrected chi connectivity index (χ4v) is 10.1. The number of nitrogens with one attached hydrogen (secondary N) is 1. The second-order valence-corrected chi connectivity index (χ2v) is 13.5. The van der Waals surface area contributed by atoms with Gasteiger partial charge < -0.3 is 16.2 Å². The van der Waals surface area contributed by atoms with Gasteiger partial charge in [0.1, 0.15) is 6.04 Å². The molecule has 0 amide bonds. The lowest BCUT2D eigenvalue weighted by Gasteiger charge is -2.61. The second kappa shape index (κ2) is 10.8. The zero-order valence-electron chi connectivity index (χ0n) is 22.7. The molecule has 10 atom stereocenters. The SMILES string of the molecule is CCC[C@@H](C)[C@H]1CCC2C3CCC4CC(N[C@@H](CCCCN)C(=O)O)CC[C@]4(C)C3CC[C@@]21C. The maximum Gasteiger partial charge on any atom is 0.320 e. The third-order valence-electron chi connectivity index (χ3n) is 11.9. The predicted octanol–water partition coefficient (Wildman–Crippen LogP) is 6.62. The summed E-state index contributed by atoms with van der Waals surface area (Å²) in [6, 6.07) is -0.0404. The summed E-state index contributed by atoms with van der Waals surface area (Å²) in [6.07, 6.45) is 17.5. The van der Waals surface area contributed by atoms with Gasteiger partial charge in [0.15, 0.2) is 0 Å². The molecular formula is C30H54N2O2. The van der Waals surface area contributed by atoms with Crippen molar-refractivity contribution in [3.63, 3.8) is 0 Å². The van der Waals surface area contributed by atoms with Crippen LogP contribution in [0.5, 0.6) is 0 Å². The maximum atomic E-state index is 11.9. The first-order chi connectivity index (χ1) is 16.2. The highest BCUT2D eigenvalue weighted by molar-refractivity contribution is 5.73. The number of hydrogen-bond donors (Lipinski definition) is 3. The van der Waals surface area contributed by atoms with Crippen molar-refractivity contribution in [2.75, 3.05) is 6.54 Å². The molecule has 0 aromatic carbocycles. The number of unbranched alkanes of at least 4 members (excludes halogenated alkanes) is 1. The highest BCUT2D eigenvalue weighted by atomic mass is 16.4. The van der Waals surface area contributed by atoms with Crippen LogP contribution in [0.4, 0.5) is 0 Å². The summed E-state index contributed by atoms with van der Waals surface area (Å²) < 4.78 is 0. The van der Waals surface area contributed by atoms with E-state index in [-0.39, 0.29) is 0 Å². The maximum absolute atomic E-state index is 11.9. The van der Waals surface area contributed by atoms with E-state index in [9.17, 15) is 9.90 Å². The van der Waals surface area contributed by atoms with Gasteiger partial charge in [0.25, 0.3) is 0 Å². The van der Waals surface area contributed by atoms with Gasteiger partial charge in [-0.2, -0.15) is 0 Å². The first kappa shape index (κ1) is 26.5. The molecule has 4 heteroatoms. The Hall–Kier alpha value is -0.610. The van der Waals surface area contributed by atoms with Crippen LogP contribution in [0.3, 0.4) is 0 Å². The Morgan fingerprint density at radius 1 is 1.00 bits per heavy atom. The minimum Gasteiger partial charge on any atom is -0.480 e. The summed E-state index contributed by atoms with van der Waals surface area (Å²) in [5.74, 6) is 4.68. The van der Waals surface area contributed by atoms with E-state index in [4.69, 9.17) is 5.73 Å². The third-order valence-corrected chi connectivity index (χ3v) is 11.9. The lowest BCUT2D eigenvalue weighted by atomic mass is 9.44. The summed E-state index contributed by atoms with van der Waals surface area (Å²) in [4.78, 5) is 11.9. The van der Waals surface area contributed by atoms with Crippen LogP contribution in [0.1, 0.15) is 118 Å². The van der Waals surface area contributed by atoms with Crippen LogP contribution in [0, 0.1) is 46.3 Å². The highest BCUT2D eigenvalue weighted by Gasteiger charge is 2.60. The Morgan fingerprint density at radius 3 is 2.44 bits per heavy atom. The van der Waals surface area contributed by atoms with E-state index in [1.807, 2.05) is 0 Å². The van der Waals surface area contributed by atoms with Gasteiger partial charge in [-0.15, -0.1) is 0 Å². The molecule has 0 aliphatic heterocycles. The number of carboxylic acid groups (broad SMARTS) is 1. The predicted molar refractivity (Wildman–Crippen MR) is 141 cm³/mol. The van der Waals surface area contributed by atoms with E-state index in [1.165, 1.54) is 64.2 Å². The van der Waals surface area contributed by atoms with E-state index in [1.54, 1.807) is 0 Å². The molecule has 4 aliphatic carbocycles. The van der Waals surface area contributed by atoms with Crippen molar-refractivity contribution in [1.29, 1.82) is 0 Å². The molecule has 196 valence electrons. The summed E-state index contributed by atoms with van der Waals surface area (Å²) in [5, 5.41) is 13.3. The molecular weight excluding hydrogens is 420 g/mol. The molecule has 4 aliphatic rings. The number of aliphatic carboxylic acids is 1. The van der Waals surface area contributed by atoms with Gasteiger partial charge in [-0.25, -0.2) is 0 Å². The summed E-state index contributed by atoms with van der Waals surface area (Å²) in [6.45, 7) is 10.9. The third kappa shape index (κ3) is 4.84. The minimum absolute atomic E-state index is 0.369. The second-order valence-electron chi connectivity index (χ2n) is 13.5. The van der Waals surface area contributed by atoms with Crippen molar-refractivity contribution < 1.29 is 9.90 Å². The van der Waals surface area contributed by atoms with Crippen molar-refractivity contribution in [3.05, 3.63) is 0 Å². The van der Waals surface area contributed by atoms with Gasteiger partial charge in [0.05, 0.1) is 0 Å². The van der Waals surface area contributed by atoms with Crippen molar-refractivity contribution in [2.45, 2.75) is 130 Å². The average molecular weight is 475 g/mol. The Balaban J connectivity index is 1.40. The normalized spacial score (nSPS) is 43.4. The van der Waals surface area contributed by atoms with Gasteiger partial charge in [-0.3, -0.25) is 4.79 Å². The number of hydrogen-bond acceptors (Lipinski definition) is 3. The molecule has 4 rings (SSSR count). The Bertz CT molecular complexity index is 697. The molecule has 4 fully saturated rings. The largest absolute Gasteiger partial charge is 0.480 e. The molecule has 34 heavy (non-hydrogen) atoms. The van der Waals surface area contributed by atoms with E-state index in [0.29, 0.717) is 29.8 Å². The monoisotopic (exact) mass is 474 g/mol. The zero-order chi connectivity index (χ0) is 24.5. The molecule has 0 aromatic rings. The number of carbonyl (C=O) groups is 1. The molecule has 4 saturated carbocycles. The van der Waals surface area contributed by atoms with E-state index in [0.717, 1.165) is 54.8 Å². The van der Waals surface area contributed by atoms with E-state index in [2.05, 4.69) is 33.0 Å². The minimum atomic E-state index is -0.686. The molecule has 0 heterocycles. The van der Waals surface area contributed by atoms with Crippen LogP contribution in [0.15, 0.2) is 0 Å². The first-order valence-corrected chi connectivity index (χ1v) is 14.9. The van der Waals surface area contributed by atoms with Crippen LogP contribution in [0.2, 0.25) is 0 Å². The molecule has 0 saturated heterocycles. The highest BCUT2D eigenvalue weighted by Crippen LogP contribution is 2.68. The lowest BCUT2D eigenvalue weighted by molar-refractivity contribution is -0.140. The van der Waals surface area contributed by atoms with E-state index >= 15 is 0 Å². The Labute approximate surface area is 209 Å². The van der Waals surface area contributed by atoms with Gasteiger partial charge >= 0.3 is 5.97 Å². The molecule has 4 N–H and O–H groups in total. The van der Waals surface area contributed by atoms with Crippen molar-refractivity contribution in [2.24, 2.45) is 52.1 Å². The van der Waals surface area contributed by atoms with Crippen LogP contribution in [-0.4, -0.2) is 29.7 Å². The van der Waals surface area contributed by atoms with Crippen LogP contribution in [0.25, 0.3) is 0 Å². The van der Waals surface area contributed by atoms with Crippen molar-refractivity contribution in [1.82, 2.24) is 5.32 Å². The van der Waals surface area contributed by atoms with Crippen molar-refractivity contribution in [3.8, 4) is 0 Å². The van der Waals surface area contributed by atoms with Crippen LogP contribution < -0.4 is 11.1 Å². The molecule has 4 nitrogen and oxygen atoms in total. The topological polar surface area (TPSA) is 75.3 Å². The fraction of sp³-hybridized carbons (Fsp3) is 0.967. The van der Waals surface area contributed by atoms with Gasteiger partial charge in [-0.05, 0) is 124 Å². The number of nitrogens with two attached hydrogens (primary N) is 1. The Morgan fingerprint density at radius 2 is 1.74 bits per heavy atom. The smallest absolute Gasteiger partial charge is 0.320 e. The summed E-state index contributed by atoms with van der Waals surface area (Å²) in [7, 11) is 0. The first-order valence-electron chi connectivity index (χ1n) is 14.9. The standard InChI is InChI=1S/C30H54N2O2/c1-5-8-20(2)24-12-13-25-23-11-10-21-19-22(32-27(28(33)34)9-6-7-18-31)14-16-29(21,3)26(23)15-17-30(24,25)4/h20-27,32H,5-19,31H2,1-4H3,(H,33,34)/t20-,21?,22?,23?,24-,25?,26?,27+,29+,30-/m1/s1. The molecule has 0 aromatic heterocycles. The average Bonchev–Trinajstić information content (AvgIpc) is 3.16. The van der Waals surface area contributed by atoms with Crippen molar-refractivity contribution >= 4 is 5.97 Å².